The molecule has 1 aromatic heterocycles. The predicted molar refractivity (Wildman–Crippen MR) is 134 cm³/mol. The molecule has 4 aromatic rings. The van der Waals surface area contributed by atoms with E-state index in [9.17, 15) is 18.0 Å². The van der Waals surface area contributed by atoms with Gasteiger partial charge in [0.2, 0.25) is 0 Å². The number of hydrogen-bond acceptors (Lipinski definition) is 6. The number of carbonyl (C=O) groups is 2. The van der Waals surface area contributed by atoms with Crippen molar-refractivity contribution in [1.82, 2.24) is 10.3 Å². The van der Waals surface area contributed by atoms with E-state index < -0.39 is 15.7 Å². The fraction of sp³-hybridized carbons (Fsp3) is 0.115. The SMILES string of the molecule is CS(=O)(=O)c1cccc(C(=O)NCC(=O)Cc2nc(-c3cccc(-c4ccccc4)c3)cs2)c1. The van der Waals surface area contributed by atoms with Gasteiger partial charge in [-0.05, 0) is 35.4 Å². The molecule has 1 heterocycles. The first-order valence-electron chi connectivity index (χ1n) is 10.5. The zero-order valence-electron chi connectivity index (χ0n) is 18.4. The van der Waals surface area contributed by atoms with Gasteiger partial charge in [0, 0.05) is 22.8 Å². The zero-order chi connectivity index (χ0) is 24.1. The lowest BCUT2D eigenvalue weighted by atomic mass is 10.0. The number of carbonyl (C=O) groups excluding carboxylic acids is 2. The molecular weight excluding hydrogens is 468 g/mol. The number of Topliss-reactive ketones (excluding diaryl/α,β-unsaturated/α-hetero) is 1. The monoisotopic (exact) mass is 490 g/mol. The Balaban J connectivity index is 1.37. The standard InChI is InChI=1S/C26H22N2O4S2/c1-34(31,32)23-12-6-11-21(14-23)26(30)27-16-22(29)15-25-28-24(17-33-25)20-10-5-9-19(13-20)18-7-3-2-4-8-18/h2-14,17H,15-16H2,1H3,(H,27,30). The minimum atomic E-state index is -3.42. The number of sulfone groups is 1. The number of nitrogens with one attached hydrogen (secondary N) is 1. The van der Waals surface area contributed by atoms with Crippen LogP contribution in [0.3, 0.4) is 0 Å². The Morgan fingerprint density at radius 2 is 1.59 bits per heavy atom. The van der Waals surface area contributed by atoms with Gasteiger partial charge in [0.1, 0.15) is 5.01 Å². The van der Waals surface area contributed by atoms with Crippen molar-refractivity contribution in [2.45, 2.75) is 11.3 Å². The van der Waals surface area contributed by atoms with E-state index in [4.69, 9.17) is 0 Å². The lowest BCUT2D eigenvalue weighted by molar-refractivity contribution is -0.117. The molecule has 0 fully saturated rings. The maximum absolute atomic E-state index is 12.4. The molecule has 0 spiro atoms. The average Bonchev–Trinajstić information content (AvgIpc) is 3.31. The van der Waals surface area contributed by atoms with Crippen LogP contribution in [0.4, 0.5) is 0 Å². The Bertz CT molecular complexity index is 1440. The van der Waals surface area contributed by atoms with Gasteiger partial charge < -0.3 is 5.32 Å². The Morgan fingerprint density at radius 1 is 0.882 bits per heavy atom. The third kappa shape index (κ3) is 5.84. The number of thiazole rings is 1. The third-order valence-corrected chi connectivity index (χ3v) is 7.10. The summed E-state index contributed by atoms with van der Waals surface area (Å²) < 4.78 is 23.4. The van der Waals surface area contributed by atoms with Gasteiger partial charge in [0.15, 0.2) is 15.6 Å². The van der Waals surface area contributed by atoms with Crippen LogP contribution in [-0.4, -0.2) is 37.9 Å². The van der Waals surface area contributed by atoms with Crippen LogP contribution in [0.5, 0.6) is 0 Å². The summed E-state index contributed by atoms with van der Waals surface area (Å²) in [6.45, 7) is -0.166. The van der Waals surface area contributed by atoms with E-state index in [2.05, 4.69) is 28.5 Å². The van der Waals surface area contributed by atoms with Crippen LogP contribution in [0, 0.1) is 0 Å². The van der Waals surface area contributed by atoms with Crippen LogP contribution in [0.2, 0.25) is 0 Å². The predicted octanol–water partition coefficient (Wildman–Crippen LogP) is 4.42. The molecular formula is C26H22N2O4S2. The van der Waals surface area contributed by atoms with Gasteiger partial charge in [-0.25, -0.2) is 13.4 Å². The van der Waals surface area contributed by atoms with Crippen LogP contribution in [0.15, 0.2) is 89.1 Å². The molecule has 0 saturated carbocycles. The van der Waals surface area contributed by atoms with Crippen LogP contribution in [-0.2, 0) is 21.1 Å². The molecule has 0 aliphatic rings. The minimum absolute atomic E-state index is 0.0538. The number of hydrogen-bond donors (Lipinski definition) is 1. The van der Waals surface area contributed by atoms with Crippen LogP contribution >= 0.6 is 11.3 Å². The highest BCUT2D eigenvalue weighted by atomic mass is 32.2. The largest absolute Gasteiger partial charge is 0.345 e. The van der Waals surface area contributed by atoms with E-state index in [0.29, 0.717) is 5.01 Å². The van der Waals surface area contributed by atoms with Crippen molar-refractivity contribution >= 4 is 32.9 Å². The molecule has 3 aromatic carbocycles. The molecule has 0 unspecified atom stereocenters. The molecule has 0 bridgehead atoms. The fourth-order valence-corrected chi connectivity index (χ4v) is 4.89. The smallest absolute Gasteiger partial charge is 0.251 e. The molecule has 8 heteroatoms. The van der Waals surface area contributed by atoms with Crippen LogP contribution in [0.1, 0.15) is 15.4 Å². The van der Waals surface area contributed by atoms with Gasteiger partial charge in [0.05, 0.1) is 23.6 Å². The highest BCUT2D eigenvalue weighted by Gasteiger charge is 2.14. The van der Waals surface area contributed by atoms with Crippen LogP contribution in [0.25, 0.3) is 22.4 Å². The molecule has 0 aliphatic carbocycles. The van der Waals surface area contributed by atoms with Crippen molar-refractivity contribution in [2.75, 3.05) is 12.8 Å². The van der Waals surface area contributed by atoms with E-state index in [0.717, 1.165) is 28.6 Å². The van der Waals surface area contributed by atoms with E-state index in [1.807, 2.05) is 41.8 Å². The number of amides is 1. The maximum atomic E-state index is 12.4. The highest BCUT2D eigenvalue weighted by molar-refractivity contribution is 7.90. The van der Waals surface area contributed by atoms with Crippen molar-refractivity contribution in [3.63, 3.8) is 0 Å². The second-order valence-corrected chi connectivity index (χ2v) is 10.7. The second kappa shape index (κ2) is 10.1. The van der Waals surface area contributed by atoms with Gasteiger partial charge in [-0.1, -0.05) is 54.6 Å². The number of ketones is 1. The van der Waals surface area contributed by atoms with Crippen molar-refractivity contribution in [3.05, 3.63) is 94.8 Å². The summed E-state index contributed by atoms with van der Waals surface area (Å²) in [6, 6.07) is 23.9. The molecule has 1 N–H and O–H groups in total. The quantitative estimate of drug-likeness (QED) is 0.395. The molecule has 6 nitrogen and oxygen atoms in total. The Labute approximate surface area is 202 Å². The normalized spacial score (nSPS) is 11.2. The van der Waals surface area contributed by atoms with Gasteiger partial charge in [-0.3, -0.25) is 9.59 Å². The Kier molecular flexibility index (Phi) is 7.00. The van der Waals surface area contributed by atoms with E-state index >= 15 is 0 Å². The van der Waals surface area contributed by atoms with Crippen molar-refractivity contribution in [2.24, 2.45) is 0 Å². The summed E-state index contributed by atoms with van der Waals surface area (Å²) in [7, 11) is -3.42. The third-order valence-electron chi connectivity index (χ3n) is 5.14. The van der Waals surface area contributed by atoms with Crippen molar-refractivity contribution in [1.29, 1.82) is 0 Å². The first-order valence-corrected chi connectivity index (χ1v) is 13.3. The highest BCUT2D eigenvalue weighted by Crippen LogP contribution is 2.27. The first kappa shape index (κ1) is 23.5. The van der Waals surface area contributed by atoms with Gasteiger partial charge >= 0.3 is 0 Å². The lowest BCUT2D eigenvalue weighted by Gasteiger charge is -2.06. The fourth-order valence-electron chi connectivity index (χ4n) is 3.39. The number of benzene rings is 3. The minimum Gasteiger partial charge on any atom is -0.345 e. The topological polar surface area (TPSA) is 93.2 Å². The second-order valence-electron chi connectivity index (χ2n) is 7.77. The Hall–Kier alpha value is -3.62. The van der Waals surface area contributed by atoms with Crippen molar-refractivity contribution < 1.29 is 18.0 Å². The summed E-state index contributed by atoms with van der Waals surface area (Å²) >= 11 is 1.40. The summed E-state index contributed by atoms with van der Waals surface area (Å²) in [5.74, 6) is -0.692. The number of aromatic nitrogens is 1. The summed E-state index contributed by atoms with van der Waals surface area (Å²) in [5, 5.41) is 5.14. The lowest BCUT2D eigenvalue weighted by Crippen LogP contribution is -2.30. The Morgan fingerprint density at radius 3 is 2.35 bits per heavy atom. The van der Waals surface area contributed by atoms with Crippen molar-refractivity contribution in [3.8, 4) is 22.4 Å². The summed E-state index contributed by atoms with van der Waals surface area (Å²) in [6.07, 6.45) is 1.18. The molecule has 0 aliphatic heterocycles. The van der Waals surface area contributed by atoms with E-state index in [-0.39, 0.29) is 29.2 Å². The summed E-state index contributed by atoms with van der Waals surface area (Å²) in [4.78, 5) is 29.4. The summed E-state index contributed by atoms with van der Waals surface area (Å²) in [5.41, 5.74) is 4.16. The van der Waals surface area contributed by atoms with Crippen LogP contribution < -0.4 is 5.32 Å². The first-order chi connectivity index (χ1) is 16.3. The van der Waals surface area contributed by atoms with E-state index in [1.165, 1.54) is 35.6 Å². The zero-order valence-corrected chi connectivity index (χ0v) is 20.0. The number of rotatable bonds is 8. The van der Waals surface area contributed by atoms with Gasteiger partial charge in [-0.15, -0.1) is 11.3 Å². The molecule has 1 amide bonds. The van der Waals surface area contributed by atoms with Gasteiger partial charge in [-0.2, -0.15) is 0 Å². The van der Waals surface area contributed by atoms with E-state index in [1.54, 1.807) is 0 Å². The molecule has 172 valence electrons. The average molecular weight is 491 g/mol. The molecule has 0 atom stereocenters. The molecule has 4 rings (SSSR count). The molecule has 34 heavy (non-hydrogen) atoms. The number of nitrogens with zero attached hydrogens (tertiary/aromatic N) is 1. The van der Waals surface area contributed by atoms with Gasteiger partial charge in [0.25, 0.3) is 5.91 Å². The maximum Gasteiger partial charge on any atom is 0.251 e. The molecule has 0 radical (unpaired) electrons. The molecule has 0 saturated heterocycles.